The van der Waals surface area contributed by atoms with Gasteiger partial charge in [-0.05, 0) is 50.0 Å². The Bertz CT molecular complexity index is 1110. The second-order valence-electron chi connectivity index (χ2n) is 7.39. The Morgan fingerprint density at radius 2 is 1.53 bits per heavy atom. The van der Waals surface area contributed by atoms with Crippen LogP contribution in [0, 0.1) is 0 Å². The smallest absolute Gasteiger partial charge is 0.252 e. The van der Waals surface area contributed by atoms with Gasteiger partial charge >= 0.3 is 0 Å². The van der Waals surface area contributed by atoms with Crippen LogP contribution in [0.15, 0.2) is 36.4 Å². The largest absolute Gasteiger partial charge is 0.495 e. The molecule has 0 saturated carbocycles. The molecule has 184 valence electrons. The zero-order valence-corrected chi connectivity index (χ0v) is 21.8. The van der Waals surface area contributed by atoms with Crippen LogP contribution in [0.3, 0.4) is 0 Å². The van der Waals surface area contributed by atoms with E-state index in [9.17, 15) is 4.79 Å². The Morgan fingerprint density at radius 3 is 2.15 bits per heavy atom. The highest BCUT2D eigenvalue weighted by molar-refractivity contribution is 7.22. The average molecular weight is 508 g/mol. The van der Waals surface area contributed by atoms with Crippen molar-refractivity contribution in [2.75, 3.05) is 60.5 Å². The molecule has 8 nitrogen and oxygen atoms in total. The molecule has 3 aromatic rings. The van der Waals surface area contributed by atoms with Crippen molar-refractivity contribution in [3.63, 3.8) is 0 Å². The number of carbonyl (C=O) groups is 1. The van der Waals surface area contributed by atoms with Crippen molar-refractivity contribution in [3.8, 4) is 23.0 Å². The number of rotatable bonds is 10. The van der Waals surface area contributed by atoms with Crippen LogP contribution in [0.1, 0.15) is 5.56 Å². The number of fused-ring (bicyclic) bond motifs is 1. The summed E-state index contributed by atoms with van der Waals surface area (Å²) in [6, 6.07) is 9.14. The number of thiazole rings is 1. The van der Waals surface area contributed by atoms with E-state index in [1.807, 2.05) is 43.3 Å². The molecule has 1 aromatic heterocycles. The van der Waals surface area contributed by atoms with E-state index in [0.717, 1.165) is 10.3 Å². The summed E-state index contributed by atoms with van der Waals surface area (Å²) in [4.78, 5) is 21.7. The predicted octanol–water partition coefficient (Wildman–Crippen LogP) is 4.36. The lowest BCUT2D eigenvalue weighted by atomic mass is 10.2. The van der Waals surface area contributed by atoms with Crippen molar-refractivity contribution < 1.29 is 23.7 Å². The fraction of sp³-hybridized carbons (Fsp3) is 0.333. The van der Waals surface area contributed by atoms with Crippen LogP contribution in [-0.4, -0.2) is 71.4 Å². The first kappa shape index (κ1) is 27.2. The normalized spacial score (nSPS) is 10.9. The van der Waals surface area contributed by atoms with Crippen LogP contribution >= 0.6 is 23.7 Å². The number of carbonyl (C=O) groups excluding carboxylic acids is 1. The molecule has 0 aliphatic carbocycles. The number of ether oxygens (including phenoxy) is 4. The summed E-state index contributed by atoms with van der Waals surface area (Å²) in [5.74, 6) is 2.38. The van der Waals surface area contributed by atoms with Crippen LogP contribution in [0.5, 0.6) is 23.0 Å². The van der Waals surface area contributed by atoms with Crippen molar-refractivity contribution in [2.24, 2.45) is 0 Å². The molecule has 1 amide bonds. The molecule has 0 atom stereocenters. The van der Waals surface area contributed by atoms with E-state index in [0.29, 0.717) is 46.7 Å². The summed E-state index contributed by atoms with van der Waals surface area (Å²) < 4.78 is 22.4. The molecule has 0 unspecified atom stereocenters. The van der Waals surface area contributed by atoms with Gasteiger partial charge in [0.25, 0.3) is 5.91 Å². The van der Waals surface area contributed by atoms with Gasteiger partial charge in [-0.2, -0.15) is 0 Å². The van der Waals surface area contributed by atoms with Gasteiger partial charge in [0, 0.05) is 19.2 Å². The van der Waals surface area contributed by atoms with E-state index in [-0.39, 0.29) is 18.3 Å². The zero-order valence-electron chi connectivity index (χ0n) is 20.2. The van der Waals surface area contributed by atoms with E-state index in [4.69, 9.17) is 23.9 Å². The fourth-order valence-corrected chi connectivity index (χ4v) is 4.31. The molecule has 3 rings (SSSR count). The van der Waals surface area contributed by atoms with Crippen LogP contribution in [0.25, 0.3) is 16.3 Å². The lowest BCUT2D eigenvalue weighted by molar-refractivity contribution is -0.114. The zero-order chi connectivity index (χ0) is 24.0. The molecule has 1 heterocycles. The molecule has 0 aliphatic rings. The summed E-state index contributed by atoms with van der Waals surface area (Å²) in [5, 5.41) is 0.580. The third-order valence-electron chi connectivity index (χ3n) is 4.99. The van der Waals surface area contributed by atoms with Gasteiger partial charge in [-0.3, -0.25) is 9.69 Å². The number of halogens is 1. The third kappa shape index (κ3) is 6.11. The first-order valence-corrected chi connectivity index (χ1v) is 11.1. The number of nitrogens with zero attached hydrogens (tertiary/aromatic N) is 3. The van der Waals surface area contributed by atoms with Crippen molar-refractivity contribution in [1.29, 1.82) is 0 Å². The van der Waals surface area contributed by atoms with Gasteiger partial charge in [-0.1, -0.05) is 17.4 Å². The molecule has 2 aromatic carbocycles. The van der Waals surface area contributed by atoms with E-state index >= 15 is 0 Å². The summed E-state index contributed by atoms with van der Waals surface area (Å²) >= 11 is 1.40. The highest BCUT2D eigenvalue weighted by Crippen LogP contribution is 2.40. The number of amides is 1. The first-order valence-electron chi connectivity index (χ1n) is 10.3. The van der Waals surface area contributed by atoms with Gasteiger partial charge in [0.15, 0.2) is 16.6 Å². The third-order valence-corrected chi connectivity index (χ3v) is 6.09. The number of hydrogen-bond acceptors (Lipinski definition) is 8. The Morgan fingerprint density at radius 1 is 0.912 bits per heavy atom. The molecule has 0 aliphatic heterocycles. The number of hydrogen-bond donors (Lipinski definition) is 0. The Labute approximate surface area is 210 Å². The molecular formula is C24H30ClN3O5S. The fourth-order valence-electron chi connectivity index (χ4n) is 3.20. The van der Waals surface area contributed by atoms with Crippen molar-refractivity contribution in [2.45, 2.75) is 0 Å². The van der Waals surface area contributed by atoms with Crippen LogP contribution < -0.4 is 23.8 Å². The SMILES string of the molecule is COc1ccc(C=CC(=O)N(CCN(C)C)c2nc3c(OC)ccc(OC)c3s2)cc1OC.Cl. The Hall–Kier alpha value is -3.01. The van der Waals surface area contributed by atoms with Crippen LogP contribution in [0.4, 0.5) is 5.13 Å². The minimum Gasteiger partial charge on any atom is -0.495 e. The minimum absolute atomic E-state index is 0. The second-order valence-corrected chi connectivity index (χ2v) is 8.36. The minimum atomic E-state index is -0.177. The standard InChI is InChI=1S/C24H29N3O5S.ClH/c1-26(2)13-14-27(21(28)12-8-16-7-9-17(29-3)20(15-16)32-6)24-25-22-18(30-4)10-11-19(31-5)23(22)33-24;/h7-12,15H,13-14H2,1-6H3;1H. The molecule has 0 bridgehead atoms. The second kappa shape index (κ2) is 12.5. The average Bonchev–Trinajstić information content (AvgIpc) is 3.26. The van der Waals surface area contributed by atoms with Crippen molar-refractivity contribution in [3.05, 3.63) is 42.0 Å². The quantitative estimate of drug-likeness (QED) is 0.377. The van der Waals surface area contributed by atoms with Crippen LogP contribution in [-0.2, 0) is 4.79 Å². The highest BCUT2D eigenvalue weighted by Gasteiger charge is 2.21. The molecule has 0 spiro atoms. The summed E-state index contributed by atoms with van der Waals surface area (Å²) in [5.41, 5.74) is 1.49. The van der Waals surface area contributed by atoms with Gasteiger partial charge in [0.1, 0.15) is 21.7 Å². The van der Waals surface area contributed by atoms with Gasteiger partial charge in [-0.25, -0.2) is 4.98 Å². The number of likely N-dealkylation sites (N-methyl/N-ethyl adjacent to an activating group) is 1. The maximum Gasteiger partial charge on any atom is 0.252 e. The van der Waals surface area contributed by atoms with E-state index in [1.165, 1.54) is 17.4 Å². The molecule has 34 heavy (non-hydrogen) atoms. The van der Waals surface area contributed by atoms with Crippen molar-refractivity contribution in [1.82, 2.24) is 9.88 Å². The number of anilines is 1. The van der Waals surface area contributed by atoms with Crippen LogP contribution in [0.2, 0.25) is 0 Å². The highest BCUT2D eigenvalue weighted by atomic mass is 35.5. The molecule has 0 radical (unpaired) electrons. The van der Waals surface area contributed by atoms with Gasteiger partial charge < -0.3 is 23.8 Å². The summed E-state index contributed by atoms with van der Waals surface area (Å²) in [6.45, 7) is 1.16. The van der Waals surface area contributed by atoms with E-state index < -0.39 is 0 Å². The van der Waals surface area contributed by atoms with E-state index in [1.54, 1.807) is 45.5 Å². The molecule has 0 N–H and O–H groups in total. The Kier molecular flexibility index (Phi) is 9.97. The lowest BCUT2D eigenvalue weighted by Crippen LogP contribution is -2.35. The van der Waals surface area contributed by atoms with Gasteiger partial charge in [0.05, 0.1) is 28.4 Å². The molecule has 10 heteroatoms. The van der Waals surface area contributed by atoms with Crippen molar-refractivity contribution >= 4 is 51.1 Å². The predicted molar refractivity (Wildman–Crippen MR) is 139 cm³/mol. The van der Waals surface area contributed by atoms with E-state index in [2.05, 4.69) is 0 Å². The maximum atomic E-state index is 13.3. The molecule has 0 fully saturated rings. The molecule has 0 saturated heterocycles. The summed E-state index contributed by atoms with van der Waals surface area (Å²) in [6.07, 6.45) is 3.29. The number of methoxy groups -OCH3 is 4. The van der Waals surface area contributed by atoms with Gasteiger partial charge in [0.2, 0.25) is 0 Å². The topological polar surface area (TPSA) is 73.4 Å². The number of benzene rings is 2. The monoisotopic (exact) mass is 507 g/mol. The summed E-state index contributed by atoms with van der Waals surface area (Å²) in [7, 11) is 10.3. The molecular weight excluding hydrogens is 478 g/mol. The van der Waals surface area contributed by atoms with Gasteiger partial charge in [-0.15, -0.1) is 12.4 Å². The number of aromatic nitrogens is 1. The first-order chi connectivity index (χ1) is 15.9. The maximum absolute atomic E-state index is 13.3. The Balaban J connectivity index is 0.00000408. The lowest BCUT2D eigenvalue weighted by Gasteiger charge is -2.20.